The first-order valence-corrected chi connectivity index (χ1v) is 9.05. The van der Waals surface area contributed by atoms with Crippen LogP contribution in [0.3, 0.4) is 0 Å². The number of hydrogen-bond donors (Lipinski definition) is 2. The van der Waals surface area contributed by atoms with Crippen molar-refractivity contribution in [1.82, 2.24) is 15.6 Å². The number of terminal acetylenes is 1. The monoisotopic (exact) mass is 371 g/mol. The van der Waals surface area contributed by atoms with Gasteiger partial charge in [0.1, 0.15) is 15.6 Å². The van der Waals surface area contributed by atoms with E-state index >= 15 is 0 Å². The molecule has 2 N–H and O–H groups in total. The van der Waals surface area contributed by atoms with Crippen LogP contribution in [0, 0.1) is 19.3 Å². The van der Waals surface area contributed by atoms with E-state index in [0.29, 0.717) is 17.2 Å². The zero-order valence-electron chi connectivity index (χ0n) is 14.8. The van der Waals surface area contributed by atoms with Gasteiger partial charge in [-0.1, -0.05) is 5.92 Å². The molecule has 0 bridgehead atoms. The van der Waals surface area contributed by atoms with Crippen LogP contribution in [0.4, 0.5) is 0 Å². The number of aromatic nitrogens is 1. The highest BCUT2D eigenvalue weighted by molar-refractivity contribution is 7.17. The number of carbonyl (C=O) groups excluding carboxylic acids is 2. The van der Waals surface area contributed by atoms with Gasteiger partial charge in [0.2, 0.25) is 5.91 Å². The van der Waals surface area contributed by atoms with Crippen molar-refractivity contribution < 1.29 is 14.3 Å². The van der Waals surface area contributed by atoms with Gasteiger partial charge in [-0.3, -0.25) is 9.59 Å². The Balaban J connectivity index is 1.97. The molecule has 0 saturated carbocycles. The van der Waals surface area contributed by atoms with E-state index < -0.39 is 0 Å². The van der Waals surface area contributed by atoms with Crippen LogP contribution >= 0.6 is 11.3 Å². The van der Waals surface area contributed by atoms with E-state index in [-0.39, 0.29) is 31.3 Å². The lowest BCUT2D eigenvalue weighted by atomic mass is 10.2. The fourth-order valence-electron chi connectivity index (χ4n) is 2.20. The van der Waals surface area contributed by atoms with Crippen molar-refractivity contribution in [3.8, 4) is 28.7 Å². The third-order valence-corrected chi connectivity index (χ3v) is 4.65. The van der Waals surface area contributed by atoms with E-state index in [2.05, 4.69) is 21.5 Å². The number of thiazole rings is 1. The summed E-state index contributed by atoms with van der Waals surface area (Å²) in [5.41, 5.74) is 1.59. The summed E-state index contributed by atoms with van der Waals surface area (Å²) in [6, 6.07) is 7.59. The minimum Gasteiger partial charge on any atom is -0.494 e. The molecule has 0 fully saturated rings. The van der Waals surface area contributed by atoms with Gasteiger partial charge in [-0.15, -0.1) is 17.8 Å². The van der Waals surface area contributed by atoms with Crippen molar-refractivity contribution in [2.45, 2.75) is 20.3 Å². The standard InChI is InChI=1S/C19H21N3O3S/c1-4-11-20-16(23)10-12-21-18(24)17-13(3)22-19(26-17)14-6-8-15(9-7-14)25-5-2/h1,6-9H,5,10-12H2,2-3H3,(H,20,23)(H,21,24). The average Bonchev–Trinajstić information content (AvgIpc) is 3.02. The highest BCUT2D eigenvalue weighted by atomic mass is 32.1. The molecular formula is C19H21N3O3S. The maximum atomic E-state index is 12.3. The summed E-state index contributed by atoms with van der Waals surface area (Å²) in [6.45, 7) is 4.77. The van der Waals surface area contributed by atoms with Gasteiger partial charge in [0, 0.05) is 18.5 Å². The lowest BCUT2D eigenvalue weighted by Crippen LogP contribution is -2.30. The summed E-state index contributed by atoms with van der Waals surface area (Å²) < 4.78 is 5.43. The van der Waals surface area contributed by atoms with Crippen LogP contribution in [0.5, 0.6) is 5.75 Å². The molecule has 6 nitrogen and oxygen atoms in total. The van der Waals surface area contributed by atoms with Crippen molar-refractivity contribution in [2.24, 2.45) is 0 Å². The molecule has 1 aromatic heterocycles. The van der Waals surface area contributed by atoms with Crippen LogP contribution in [0.2, 0.25) is 0 Å². The van der Waals surface area contributed by atoms with E-state index in [0.717, 1.165) is 16.3 Å². The van der Waals surface area contributed by atoms with E-state index in [9.17, 15) is 9.59 Å². The number of aryl methyl sites for hydroxylation is 1. The first kappa shape index (κ1) is 19.5. The Hall–Kier alpha value is -2.85. The van der Waals surface area contributed by atoms with Crippen LogP contribution in [0.25, 0.3) is 10.6 Å². The third-order valence-electron chi connectivity index (χ3n) is 3.44. The maximum absolute atomic E-state index is 12.3. The minimum absolute atomic E-state index is 0.178. The maximum Gasteiger partial charge on any atom is 0.263 e. The molecular weight excluding hydrogens is 350 g/mol. The summed E-state index contributed by atoms with van der Waals surface area (Å²) >= 11 is 1.32. The summed E-state index contributed by atoms with van der Waals surface area (Å²) in [5, 5.41) is 6.05. The van der Waals surface area contributed by atoms with Crippen LogP contribution in [0.15, 0.2) is 24.3 Å². The Kier molecular flexibility index (Phi) is 7.18. The van der Waals surface area contributed by atoms with Gasteiger partial charge in [0.25, 0.3) is 5.91 Å². The van der Waals surface area contributed by atoms with Crippen LogP contribution in [-0.4, -0.2) is 36.5 Å². The second-order valence-electron chi connectivity index (χ2n) is 5.38. The molecule has 0 aliphatic rings. The molecule has 0 aliphatic heterocycles. The molecule has 2 aromatic rings. The van der Waals surface area contributed by atoms with Crippen molar-refractivity contribution in [1.29, 1.82) is 0 Å². The Labute approximate surface area is 157 Å². The van der Waals surface area contributed by atoms with Gasteiger partial charge in [0.05, 0.1) is 18.8 Å². The molecule has 0 spiro atoms. The number of nitrogens with one attached hydrogen (secondary N) is 2. The molecule has 2 rings (SSSR count). The van der Waals surface area contributed by atoms with E-state index in [4.69, 9.17) is 11.2 Å². The Morgan fingerprint density at radius 3 is 2.65 bits per heavy atom. The van der Waals surface area contributed by atoms with E-state index in [1.807, 2.05) is 31.2 Å². The molecule has 26 heavy (non-hydrogen) atoms. The number of nitrogens with zero attached hydrogens (tertiary/aromatic N) is 1. The van der Waals surface area contributed by atoms with Crippen molar-refractivity contribution in [3.63, 3.8) is 0 Å². The molecule has 0 saturated heterocycles. The lowest BCUT2D eigenvalue weighted by Gasteiger charge is -2.04. The molecule has 0 atom stereocenters. The van der Waals surface area contributed by atoms with Crippen molar-refractivity contribution in [2.75, 3.05) is 19.7 Å². The third kappa shape index (κ3) is 5.33. The smallest absolute Gasteiger partial charge is 0.263 e. The zero-order chi connectivity index (χ0) is 18.9. The topological polar surface area (TPSA) is 80.3 Å². The van der Waals surface area contributed by atoms with Gasteiger partial charge in [-0.2, -0.15) is 0 Å². The average molecular weight is 371 g/mol. The van der Waals surface area contributed by atoms with Crippen LogP contribution in [-0.2, 0) is 4.79 Å². The summed E-state index contributed by atoms with van der Waals surface area (Å²) in [7, 11) is 0. The Morgan fingerprint density at radius 2 is 2.00 bits per heavy atom. The normalized spacial score (nSPS) is 10.0. The number of carbonyl (C=O) groups is 2. The molecule has 7 heteroatoms. The van der Waals surface area contributed by atoms with E-state index in [1.54, 1.807) is 6.92 Å². The van der Waals surface area contributed by atoms with Crippen LogP contribution < -0.4 is 15.4 Å². The number of rotatable bonds is 8. The zero-order valence-corrected chi connectivity index (χ0v) is 15.6. The summed E-state index contributed by atoms with van der Waals surface area (Å²) in [4.78, 5) is 28.8. The number of hydrogen-bond acceptors (Lipinski definition) is 5. The predicted octanol–water partition coefficient (Wildman–Crippen LogP) is 2.39. The van der Waals surface area contributed by atoms with Gasteiger partial charge in [0.15, 0.2) is 0 Å². The molecule has 0 radical (unpaired) electrons. The number of amides is 2. The van der Waals surface area contributed by atoms with Gasteiger partial charge < -0.3 is 15.4 Å². The molecule has 2 amide bonds. The fourth-order valence-corrected chi connectivity index (χ4v) is 3.19. The molecule has 0 aliphatic carbocycles. The molecule has 0 unspecified atom stereocenters. The first-order chi connectivity index (χ1) is 12.5. The lowest BCUT2D eigenvalue weighted by molar-refractivity contribution is -0.120. The number of benzene rings is 1. The Morgan fingerprint density at radius 1 is 1.27 bits per heavy atom. The fraction of sp³-hybridized carbons (Fsp3) is 0.316. The highest BCUT2D eigenvalue weighted by Crippen LogP contribution is 2.29. The quantitative estimate of drug-likeness (QED) is 0.698. The molecule has 1 heterocycles. The first-order valence-electron chi connectivity index (χ1n) is 8.24. The summed E-state index contributed by atoms with van der Waals surface area (Å²) in [6.07, 6.45) is 5.25. The SMILES string of the molecule is C#CCNC(=O)CCNC(=O)c1sc(-c2ccc(OCC)cc2)nc1C. The van der Waals surface area contributed by atoms with Crippen molar-refractivity contribution >= 4 is 23.2 Å². The molecule has 136 valence electrons. The van der Waals surface area contributed by atoms with Gasteiger partial charge in [-0.05, 0) is 38.1 Å². The summed E-state index contributed by atoms with van der Waals surface area (Å²) in [5.74, 6) is 2.69. The predicted molar refractivity (Wildman–Crippen MR) is 102 cm³/mol. The largest absolute Gasteiger partial charge is 0.494 e. The van der Waals surface area contributed by atoms with Crippen molar-refractivity contribution in [3.05, 3.63) is 34.8 Å². The van der Waals surface area contributed by atoms with Crippen LogP contribution in [0.1, 0.15) is 28.7 Å². The van der Waals surface area contributed by atoms with E-state index in [1.165, 1.54) is 11.3 Å². The number of ether oxygens (including phenoxy) is 1. The van der Waals surface area contributed by atoms with Gasteiger partial charge in [-0.25, -0.2) is 4.98 Å². The minimum atomic E-state index is -0.234. The van der Waals surface area contributed by atoms with Gasteiger partial charge >= 0.3 is 0 Å². The highest BCUT2D eigenvalue weighted by Gasteiger charge is 2.16. The molecule has 1 aromatic carbocycles. The second-order valence-corrected chi connectivity index (χ2v) is 6.38. The second kappa shape index (κ2) is 9.59. The Bertz CT molecular complexity index is 806.